The van der Waals surface area contributed by atoms with Crippen LogP contribution in [0, 0.1) is 0 Å². The lowest BCUT2D eigenvalue weighted by Gasteiger charge is -2.18. The van der Waals surface area contributed by atoms with E-state index in [9.17, 15) is 14.4 Å². The normalized spacial score (nSPS) is 12.5. The van der Waals surface area contributed by atoms with Gasteiger partial charge in [0.05, 0.1) is 0 Å². The smallest absolute Gasteiger partial charge is 0.306 e. The molecule has 0 aromatic carbocycles. The molecule has 6 heteroatoms. The first kappa shape index (κ1) is 68.8. The molecule has 0 aliphatic heterocycles. The summed E-state index contributed by atoms with van der Waals surface area (Å²) in [6.45, 7) is 6.51. The maximum Gasteiger partial charge on any atom is 0.306 e. The molecule has 0 amide bonds. The second-order valence-corrected chi connectivity index (χ2v) is 20.6. The Hall–Kier alpha value is -3.15. The third kappa shape index (κ3) is 57.7. The summed E-state index contributed by atoms with van der Waals surface area (Å²) in [5.41, 5.74) is 0. The Kier molecular flexibility index (Phi) is 57.8. The van der Waals surface area contributed by atoms with E-state index in [0.717, 1.165) is 122 Å². The van der Waals surface area contributed by atoms with Crippen LogP contribution in [0.1, 0.15) is 310 Å². The Morgan fingerprint density at radius 2 is 0.542 bits per heavy atom. The summed E-state index contributed by atoms with van der Waals surface area (Å²) in [5.74, 6) is -0.900. The highest BCUT2D eigenvalue weighted by molar-refractivity contribution is 5.71. The molecule has 416 valence electrons. The van der Waals surface area contributed by atoms with Crippen LogP contribution in [0.3, 0.4) is 0 Å². The predicted molar refractivity (Wildman–Crippen MR) is 311 cm³/mol. The van der Waals surface area contributed by atoms with Gasteiger partial charge >= 0.3 is 17.9 Å². The molecule has 0 aliphatic rings. The molecule has 0 radical (unpaired) electrons. The van der Waals surface area contributed by atoms with Crippen LogP contribution in [0.15, 0.2) is 72.9 Å². The summed E-state index contributed by atoms with van der Waals surface area (Å²) in [7, 11) is 0. The minimum atomic E-state index is -0.789. The fourth-order valence-corrected chi connectivity index (χ4v) is 8.82. The Morgan fingerprint density at radius 3 is 0.875 bits per heavy atom. The van der Waals surface area contributed by atoms with Crippen LogP contribution in [0.25, 0.3) is 0 Å². The van der Waals surface area contributed by atoms with Crippen molar-refractivity contribution in [3.8, 4) is 0 Å². The van der Waals surface area contributed by atoms with Gasteiger partial charge in [-0.05, 0) is 89.9 Å². The number of carbonyl (C=O) groups is 3. The summed E-state index contributed by atoms with van der Waals surface area (Å²) in [6.07, 6.45) is 77.5. The largest absolute Gasteiger partial charge is 0.462 e. The quantitative estimate of drug-likeness (QED) is 0.0261. The van der Waals surface area contributed by atoms with E-state index >= 15 is 0 Å². The van der Waals surface area contributed by atoms with Crippen molar-refractivity contribution >= 4 is 17.9 Å². The van der Waals surface area contributed by atoms with Crippen molar-refractivity contribution in [2.75, 3.05) is 13.2 Å². The highest BCUT2D eigenvalue weighted by Crippen LogP contribution is 2.17. The molecule has 0 aliphatic carbocycles. The maximum atomic E-state index is 12.9. The zero-order chi connectivity index (χ0) is 52.2. The number of unbranched alkanes of at least 4 members (excludes halogenated alkanes) is 33. The Labute approximate surface area is 446 Å². The molecule has 72 heavy (non-hydrogen) atoms. The van der Waals surface area contributed by atoms with Gasteiger partial charge in [0.15, 0.2) is 6.10 Å². The van der Waals surface area contributed by atoms with Gasteiger partial charge in [0.2, 0.25) is 0 Å². The average Bonchev–Trinajstić information content (AvgIpc) is 3.38. The highest BCUT2D eigenvalue weighted by atomic mass is 16.6. The number of esters is 3. The standard InChI is InChI=1S/C66H116O6/c1-4-7-10-13-16-19-22-25-28-30-32-34-35-38-41-44-47-50-53-56-59-65(68)71-62-63(61-70-64(67)58-55-52-49-46-43-40-37-27-24-21-18-15-12-9-6-3)72-66(69)60-57-54-51-48-45-42-39-36-33-31-29-26-23-20-17-14-11-8-5-2/h9,12,17-18,20-21,26-27,29,33,36-37,63H,4-8,10-11,13-16,19,22-25,28,30-32,34-35,38-62H2,1-3H3/b12-9-,20-17-,21-18-,29-26-,36-33-,37-27-. The highest BCUT2D eigenvalue weighted by Gasteiger charge is 2.19. The van der Waals surface area contributed by atoms with Gasteiger partial charge in [0.25, 0.3) is 0 Å². The average molecular weight is 1010 g/mol. The summed E-state index contributed by atoms with van der Waals surface area (Å²) in [6, 6.07) is 0. The van der Waals surface area contributed by atoms with Crippen LogP contribution in [0.5, 0.6) is 0 Å². The van der Waals surface area contributed by atoms with Crippen molar-refractivity contribution < 1.29 is 28.6 Å². The number of carbonyl (C=O) groups excluding carboxylic acids is 3. The van der Waals surface area contributed by atoms with E-state index in [1.165, 1.54) is 148 Å². The first-order valence-corrected chi connectivity index (χ1v) is 30.9. The second-order valence-electron chi connectivity index (χ2n) is 20.6. The second kappa shape index (κ2) is 60.4. The summed E-state index contributed by atoms with van der Waals surface area (Å²) in [5, 5.41) is 0. The summed E-state index contributed by atoms with van der Waals surface area (Å²) in [4.78, 5) is 38.3. The van der Waals surface area contributed by atoms with E-state index in [-0.39, 0.29) is 31.1 Å². The third-order valence-corrected chi connectivity index (χ3v) is 13.4. The SMILES string of the molecule is CC/C=C\C/C=C\C/C=C\CCCCCCCC(=O)OCC(COC(=O)CCCCCCCCCCCCCCCCCCCCCC)OC(=O)CCCCCCCC/C=C\C/C=C\C/C=C\CCCCC. The van der Waals surface area contributed by atoms with Gasteiger partial charge in [-0.15, -0.1) is 0 Å². The minimum absolute atomic E-state index is 0.0840. The molecule has 0 aromatic heterocycles. The molecule has 0 spiro atoms. The lowest BCUT2D eigenvalue weighted by molar-refractivity contribution is -0.167. The molecular weight excluding hydrogens is 889 g/mol. The van der Waals surface area contributed by atoms with E-state index < -0.39 is 6.10 Å². The molecule has 0 aromatic rings. The molecule has 1 atom stereocenters. The van der Waals surface area contributed by atoms with E-state index in [4.69, 9.17) is 14.2 Å². The number of rotatable bonds is 56. The molecule has 0 N–H and O–H groups in total. The van der Waals surface area contributed by atoms with E-state index in [0.29, 0.717) is 19.3 Å². The number of hydrogen-bond donors (Lipinski definition) is 0. The third-order valence-electron chi connectivity index (χ3n) is 13.4. The molecule has 0 bridgehead atoms. The van der Waals surface area contributed by atoms with Crippen molar-refractivity contribution in [3.05, 3.63) is 72.9 Å². The first-order chi connectivity index (χ1) is 35.5. The number of allylic oxidation sites excluding steroid dienone is 12. The fourth-order valence-electron chi connectivity index (χ4n) is 8.82. The molecule has 6 nitrogen and oxygen atoms in total. The van der Waals surface area contributed by atoms with Crippen molar-refractivity contribution in [3.63, 3.8) is 0 Å². The fraction of sp³-hybridized carbons (Fsp3) is 0.773. The van der Waals surface area contributed by atoms with Gasteiger partial charge in [0.1, 0.15) is 13.2 Å². The summed E-state index contributed by atoms with van der Waals surface area (Å²) < 4.78 is 16.9. The number of hydrogen-bond acceptors (Lipinski definition) is 6. The van der Waals surface area contributed by atoms with Gasteiger partial charge < -0.3 is 14.2 Å². The summed E-state index contributed by atoms with van der Waals surface area (Å²) >= 11 is 0. The lowest BCUT2D eigenvalue weighted by atomic mass is 10.0. The predicted octanol–water partition coefficient (Wildman–Crippen LogP) is 20.9. The molecule has 1 unspecified atom stereocenters. The molecule has 0 heterocycles. The molecule has 0 rings (SSSR count). The van der Waals surface area contributed by atoms with Crippen LogP contribution in [-0.4, -0.2) is 37.2 Å². The molecule has 0 saturated carbocycles. The topological polar surface area (TPSA) is 78.9 Å². The molecule has 0 saturated heterocycles. The van der Waals surface area contributed by atoms with Crippen LogP contribution in [0.4, 0.5) is 0 Å². The Morgan fingerprint density at radius 1 is 0.292 bits per heavy atom. The van der Waals surface area contributed by atoms with Crippen molar-refractivity contribution in [1.29, 1.82) is 0 Å². The van der Waals surface area contributed by atoms with Gasteiger partial charge in [-0.3, -0.25) is 14.4 Å². The van der Waals surface area contributed by atoms with Gasteiger partial charge in [-0.1, -0.05) is 273 Å². The van der Waals surface area contributed by atoms with Crippen LogP contribution in [0.2, 0.25) is 0 Å². The molecule has 0 fully saturated rings. The lowest BCUT2D eigenvalue weighted by Crippen LogP contribution is -2.30. The van der Waals surface area contributed by atoms with Crippen LogP contribution in [-0.2, 0) is 28.6 Å². The van der Waals surface area contributed by atoms with Crippen LogP contribution < -0.4 is 0 Å². The van der Waals surface area contributed by atoms with Crippen LogP contribution >= 0.6 is 0 Å². The zero-order valence-corrected chi connectivity index (χ0v) is 47.7. The van der Waals surface area contributed by atoms with Crippen molar-refractivity contribution in [2.45, 2.75) is 316 Å². The van der Waals surface area contributed by atoms with E-state index in [2.05, 4.69) is 93.7 Å². The Balaban J connectivity index is 4.38. The Bertz CT molecular complexity index is 1340. The van der Waals surface area contributed by atoms with Crippen molar-refractivity contribution in [2.24, 2.45) is 0 Å². The minimum Gasteiger partial charge on any atom is -0.462 e. The van der Waals surface area contributed by atoms with Gasteiger partial charge in [-0.2, -0.15) is 0 Å². The van der Waals surface area contributed by atoms with Gasteiger partial charge in [-0.25, -0.2) is 0 Å². The van der Waals surface area contributed by atoms with Crippen molar-refractivity contribution in [1.82, 2.24) is 0 Å². The van der Waals surface area contributed by atoms with Gasteiger partial charge in [0, 0.05) is 19.3 Å². The van der Waals surface area contributed by atoms with E-state index in [1.54, 1.807) is 0 Å². The number of ether oxygens (including phenoxy) is 3. The first-order valence-electron chi connectivity index (χ1n) is 30.9. The zero-order valence-electron chi connectivity index (χ0n) is 47.7. The monoisotopic (exact) mass is 1000 g/mol. The molecular formula is C66H116O6. The maximum absolute atomic E-state index is 12.9. The van der Waals surface area contributed by atoms with E-state index in [1.807, 2.05) is 0 Å².